The molecule has 0 aliphatic heterocycles. The van der Waals surface area contributed by atoms with Gasteiger partial charge in [-0.05, 0) is 49.6 Å². The molecule has 0 bridgehead atoms. The predicted molar refractivity (Wildman–Crippen MR) is 91.2 cm³/mol. The second-order valence-electron chi connectivity index (χ2n) is 5.88. The largest absolute Gasteiger partial charge is 0.377 e. The van der Waals surface area contributed by atoms with E-state index in [9.17, 15) is 9.18 Å². The Balaban J connectivity index is 2.07. The van der Waals surface area contributed by atoms with Crippen molar-refractivity contribution in [2.75, 3.05) is 13.2 Å². The van der Waals surface area contributed by atoms with Crippen LogP contribution < -0.4 is 5.32 Å². The molecule has 4 nitrogen and oxygen atoms in total. The van der Waals surface area contributed by atoms with Crippen molar-refractivity contribution in [1.82, 2.24) is 10.3 Å². The van der Waals surface area contributed by atoms with Crippen molar-refractivity contribution in [3.63, 3.8) is 0 Å². The monoisotopic (exact) mass is 330 g/mol. The molecule has 0 aliphatic rings. The number of hydrogen-bond donors (Lipinski definition) is 1. The normalized spacial score (nSPS) is 12.2. The van der Waals surface area contributed by atoms with Crippen molar-refractivity contribution in [2.24, 2.45) is 0 Å². The van der Waals surface area contributed by atoms with E-state index in [1.165, 1.54) is 12.1 Å². The molecule has 0 spiro atoms. The third kappa shape index (κ3) is 5.74. The lowest BCUT2D eigenvalue weighted by atomic mass is 9.91. The number of carbonyl (C=O) groups excluding carboxylic acids is 1. The summed E-state index contributed by atoms with van der Waals surface area (Å²) in [4.78, 5) is 16.7. The standard InChI is InChI=1S/C19H23FN2O2/c1-14(2)24-11-10-22-19(23)18(12-15-4-3-9-21-13-15)16-5-7-17(20)8-6-16/h3-9,13-14,18H,10-12H2,1-2H3,(H,22,23). The van der Waals surface area contributed by atoms with Crippen LogP contribution in [0, 0.1) is 5.82 Å². The number of amides is 1. The van der Waals surface area contributed by atoms with Crippen LogP contribution in [0.2, 0.25) is 0 Å². The van der Waals surface area contributed by atoms with E-state index in [1.807, 2.05) is 26.0 Å². The fourth-order valence-corrected chi connectivity index (χ4v) is 2.40. The second kappa shape index (κ2) is 9.13. The maximum absolute atomic E-state index is 13.2. The Kier molecular flexibility index (Phi) is 6.88. The highest BCUT2D eigenvalue weighted by Gasteiger charge is 2.21. The van der Waals surface area contributed by atoms with Crippen LogP contribution in [0.1, 0.15) is 30.9 Å². The van der Waals surface area contributed by atoms with Gasteiger partial charge in [-0.2, -0.15) is 0 Å². The van der Waals surface area contributed by atoms with Crippen LogP contribution in [0.3, 0.4) is 0 Å². The number of benzene rings is 1. The zero-order chi connectivity index (χ0) is 17.4. The fourth-order valence-electron chi connectivity index (χ4n) is 2.40. The lowest BCUT2D eigenvalue weighted by molar-refractivity contribution is -0.122. The Labute approximate surface area is 142 Å². The molecule has 1 aromatic heterocycles. The van der Waals surface area contributed by atoms with Gasteiger partial charge in [-0.25, -0.2) is 4.39 Å². The molecule has 0 saturated heterocycles. The van der Waals surface area contributed by atoms with Gasteiger partial charge in [0.05, 0.1) is 18.6 Å². The summed E-state index contributed by atoms with van der Waals surface area (Å²) < 4.78 is 18.6. The first-order valence-corrected chi connectivity index (χ1v) is 8.10. The minimum Gasteiger partial charge on any atom is -0.377 e. The Morgan fingerprint density at radius 1 is 1.25 bits per heavy atom. The lowest BCUT2D eigenvalue weighted by Crippen LogP contribution is -2.33. The molecular weight excluding hydrogens is 307 g/mol. The minimum absolute atomic E-state index is 0.0992. The Hall–Kier alpha value is -2.27. The van der Waals surface area contributed by atoms with E-state index >= 15 is 0 Å². The lowest BCUT2D eigenvalue weighted by Gasteiger charge is -2.18. The summed E-state index contributed by atoms with van der Waals surface area (Å²) in [5.74, 6) is -0.809. The highest BCUT2D eigenvalue weighted by atomic mass is 19.1. The molecule has 0 saturated carbocycles. The molecule has 0 radical (unpaired) electrons. The van der Waals surface area contributed by atoms with Gasteiger partial charge in [-0.1, -0.05) is 18.2 Å². The topological polar surface area (TPSA) is 51.2 Å². The van der Waals surface area contributed by atoms with Gasteiger partial charge in [0.25, 0.3) is 0 Å². The van der Waals surface area contributed by atoms with E-state index in [0.29, 0.717) is 19.6 Å². The number of ether oxygens (including phenoxy) is 1. The summed E-state index contributed by atoms with van der Waals surface area (Å²) in [6.45, 7) is 4.81. The molecule has 1 atom stereocenters. The maximum atomic E-state index is 13.2. The van der Waals surface area contributed by atoms with Crippen molar-refractivity contribution in [3.8, 4) is 0 Å². The van der Waals surface area contributed by atoms with E-state index in [4.69, 9.17) is 4.74 Å². The number of carbonyl (C=O) groups is 1. The predicted octanol–water partition coefficient (Wildman–Crippen LogP) is 3.09. The fraction of sp³-hybridized carbons (Fsp3) is 0.368. The molecule has 24 heavy (non-hydrogen) atoms. The van der Waals surface area contributed by atoms with Gasteiger partial charge in [0.2, 0.25) is 5.91 Å². The zero-order valence-corrected chi connectivity index (χ0v) is 14.0. The van der Waals surface area contributed by atoms with Gasteiger partial charge >= 0.3 is 0 Å². The maximum Gasteiger partial charge on any atom is 0.227 e. The summed E-state index contributed by atoms with van der Waals surface area (Å²) >= 11 is 0. The molecule has 1 heterocycles. The summed E-state index contributed by atoms with van der Waals surface area (Å²) in [6, 6.07) is 9.83. The highest BCUT2D eigenvalue weighted by molar-refractivity contribution is 5.84. The number of nitrogens with one attached hydrogen (secondary N) is 1. The van der Waals surface area contributed by atoms with E-state index in [-0.39, 0.29) is 17.8 Å². The zero-order valence-electron chi connectivity index (χ0n) is 14.0. The van der Waals surface area contributed by atoms with Crippen LogP contribution in [0.25, 0.3) is 0 Å². The van der Waals surface area contributed by atoms with Crippen LogP contribution in [0.4, 0.5) is 4.39 Å². The molecule has 0 fully saturated rings. The average Bonchev–Trinajstić information content (AvgIpc) is 2.58. The first kappa shape index (κ1) is 18.1. The van der Waals surface area contributed by atoms with Gasteiger partial charge in [0.15, 0.2) is 0 Å². The Morgan fingerprint density at radius 2 is 2.00 bits per heavy atom. The Bertz CT molecular complexity index is 630. The molecular formula is C19H23FN2O2. The summed E-state index contributed by atoms with van der Waals surface area (Å²) in [7, 11) is 0. The number of pyridine rings is 1. The molecule has 1 N–H and O–H groups in total. The van der Waals surface area contributed by atoms with Gasteiger partial charge in [0.1, 0.15) is 5.82 Å². The van der Waals surface area contributed by atoms with Crippen molar-refractivity contribution in [1.29, 1.82) is 0 Å². The van der Waals surface area contributed by atoms with Crippen molar-refractivity contribution in [3.05, 3.63) is 65.7 Å². The number of nitrogens with zero attached hydrogens (tertiary/aromatic N) is 1. The van der Waals surface area contributed by atoms with Gasteiger partial charge in [-0.3, -0.25) is 9.78 Å². The van der Waals surface area contributed by atoms with Crippen LogP contribution in [0.5, 0.6) is 0 Å². The first-order chi connectivity index (χ1) is 11.6. The smallest absolute Gasteiger partial charge is 0.227 e. The first-order valence-electron chi connectivity index (χ1n) is 8.10. The van der Waals surface area contributed by atoms with Crippen LogP contribution in [0.15, 0.2) is 48.8 Å². The van der Waals surface area contributed by atoms with E-state index in [0.717, 1.165) is 11.1 Å². The molecule has 1 aromatic carbocycles. The highest BCUT2D eigenvalue weighted by Crippen LogP contribution is 2.21. The third-order valence-corrected chi connectivity index (χ3v) is 3.60. The SMILES string of the molecule is CC(C)OCCNC(=O)C(Cc1cccnc1)c1ccc(F)cc1. The van der Waals surface area contributed by atoms with E-state index in [1.54, 1.807) is 24.5 Å². The van der Waals surface area contributed by atoms with Crippen LogP contribution in [-0.4, -0.2) is 30.1 Å². The molecule has 128 valence electrons. The van der Waals surface area contributed by atoms with Crippen molar-refractivity contribution >= 4 is 5.91 Å². The molecule has 2 rings (SSSR count). The minimum atomic E-state index is -0.395. The van der Waals surface area contributed by atoms with E-state index in [2.05, 4.69) is 10.3 Å². The number of hydrogen-bond acceptors (Lipinski definition) is 3. The molecule has 0 aliphatic carbocycles. The number of aromatic nitrogens is 1. The van der Waals surface area contributed by atoms with Crippen molar-refractivity contribution in [2.45, 2.75) is 32.3 Å². The quantitative estimate of drug-likeness (QED) is 0.757. The Morgan fingerprint density at radius 3 is 2.62 bits per heavy atom. The average molecular weight is 330 g/mol. The van der Waals surface area contributed by atoms with Crippen LogP contribution in [-0.2, 0) is 16.0 Å². The molecule has 1 unspecified atom stereocenters. The summed E-state index contributed by atoms with van der Waals surface area (Å²) in [5, 5.41) is 2.89. The third-order valence-electron chi connectivity index (χ3n) is 3.60. The number of rotatable bonds is 8. The molecule has 5 heteroatoms. The molecule has 2 aromatic rings. The van der Waals surface area contributed by atoms with Crippen molar-refractivity contribution < 1.29 is 13.9 Å². The van der Waals surface area contributed by atoms with E-state index < -0.39 is 5.92 Å². The van der Waals surface area contributed by atoms with Crippen LogP contribution >= 0.6 is 0 Å². The van der Waals surface area contributed by atoms with Gasteiger partial charge in [0, 0.05) is 18.9 Å². The number of halogens is 1. The van der Waals surface area contributed by atoms with Gasteiger partial charge < -0.3 is 10.1 Å². The van der Waals surface area contributed by atoms with Gasteiger partial charge in [-0.15, -0.1) is 0 Å². The molecule has 1 amide bonds. The summed E-state index contributed by atoms with van der Waals surface area (Å²) in [6.07, 6.45) is 4.08. The second-order valence-corrected chi connectivity index (χ2v) is 5.88. The summed E-state index contributed by atoms with van der Waals surface area (Å²) in [5.41, 5.74) is 1.74.